The molecule has 0 fully saturated rings. The standard InChI is InChI=1S/C27H27Cl2FN2O2/c1-2-14-31-27(34)25(15-19-8-4-3-5-9-19)32(18-21-12-13-22(28)17-23(21)29)26(33)16-20-10-6-7-11-24(20)30/h3-13,17,25H,2,14-16,18H2,1H3,(H,31,34)/t25-/m0/s1. The molecule has 0 heterocycles. The summed E-state index contributed by atoms with van der Waals surface area (Å²) in [4.78, 5) is 28.3. The summed E-state index contributed by atoms with van der Waals surface area (Å²) in [5, 5.41) is 3.78. The second kappa shape index (κ2) is 12.5. The number of hydrogen-bond acceptors (Lipinski definition) is 2. The van der Waals surface area contributed by atoms with Crippen LogP contribution in [0.5, 0.6) is 0 Å². The third-order valence-electron chi connectivity index (χ3n) is 5.48. The summed E-state index contributed by atoms with van der Waals surface area (Å²) in [7, 11) is 0. The molecular weight excluding hydrogens is 474 g/mol. The Kier molecular flexibility index (Phi) is 9.49. The lowest BCUT2D eigenvalue weighted by Gasteiger charge is -2.32. The van der Waals surface area contributed by atoms with Crippen molar-refractivity contribution in [3.8, 4) is 0 Å². The number of carbonyl (C=O) groups excluding carboxylic acids is 2. The van der Waals surface area contributed by atoms with E-state index in [0.29, 0.717) is 28.6 Å². The molecule has 0 bridgehead atoms. The van der Waals surface area contributed by atoms with Gasteiger partial charge in [0.05, 0.1) is 6.42 Å². The van der Waals surface area contributed by atoms with Crippen LogP contribution in [0.1, 0.15) is 30.0 Å². The minimum atomic E-state index is -0.806. The van der Waals surface area contributed by atoms with E-state index in [-0.39, 0.29) is 30.3 Å². The molecule has 0 aliphatic carbocycles. The Morgan fingerprint density at radius 2 is 1.68 bits per heavy atom. The number of amides is 2. The van der Waals surface area contributed by atoms with E-state index < -0.39 is 11.9 Å². The molecule has 2 amide bonds. The highest BCUT2D eigenvalue weighted by molar-refractivity contribution is 6.35. The SMILES string of the molecule is CCCNC(=O)[C@H](Cc1ccccc1)N(Cc1ccc(Cl)cc1Cl)C(=O)Cc1ccccc1F. The normalized spacial score (nSPS) is 11.6. The highest BCUT2D eigenvalue weighted by Gasteiger charge is 2.31. The van der Waals surface area contributed by atoms with Gasteiger partial charge < -0.3 is 10.2 Å². The summed E-state index contributed by atoms with van der Waals surface area (Å²) >= 11 is 12.5. The Morgan fingerprint density at radius 3 is 2.35 bits per heavy atom. The van der Waals surface area contributed by atoms with Crippen molar-refractivity contribution in [3.05, 3.63) is 105 Å². The van der Waals surface area contributed by atoms with Crippen molar-refractivity contribution in [2.75, 3.05) is 6.54 Å². The van der Waals surface area contributed by atoms with E-state index in [9.17, 15) is 14.0 Å². The molecule has 7 heteroatoms. The van der Waals surface area contributed by atoms with Crippen molar-refractivity contribution in [2.45, 2.75) is 38.8 Å². The molecule has 0 aromatic heterocycles. The maximum atomic E-state index is 14.3. The molecule has 0 aliphatic rings. The predicted molar refractivity (Wildman–Crippen MR) is 134 cm³/mol. The third kappa shape index (κ3) is 7.05. The number of hydrogen-bond donors (Lipinski definition) is 1. The van der Waals surface area contributed by atoms with Gasteiger partial charge in [0.2, 0.25) is 11.8 Å². The number of nitrogens with zero attached hydrogens (tertiary/aromatic N) is 1. The molecule has 0 unspecified atom stereocenters. The molecule has 1 atom stereocenters. The molecule has 178 valence electrons. The zero-order valence-corrected chi connectivity index (χ0v) is 20.5. The van der Waals surface area contributed by atoms with E-state index in [1.165, 1.54) is 11.0 Å². The van der Waals surface area contributed by atoms with Gasteiger partial charge in [0.25, 0.3) is 0 Å². The Balaban J connectivity index is 1.99. The van der Waals surface area contributed by atoms with E-state index in [2.05, 4.69) is 5.32 Å². The lowest BCUT2D eigenvalue weighted by molar-refractivity contribution is -0.140. The first-order valence-corrected chi connectivity index (χ1v) is 11.9. The van der Waals surface area contributed by atoms with Crippen LogP contribution >= 0.6 is 23.2 Å². The van der Waals surface area contributed by atoms with Crippen LogP contribution in [0.4, 0.5) is 4.39 Å². The maximum Gasteiger partial charge on any atom is 0.243 e. The van der Waals surface area contributed by atoms with Crippen LogP contribution in [0, 0.1) is 5.82 Å². The first-order valence-electron chi connectivity index (χ1n) is 11.2. The number of carbonyl (C=O) groups is 2. The van der Waals surface area contributed by atoms with E-state index in [1.54, 1.807) is 36.4 Å². The molecule has 0 saturated carbocycles. The van der Waals surface area contributed by atoms with Crippen LogP contribution in [0.3, 0.4) is 0 Å². The first-order chi connectivity index (χ1) is 16.4. The van der Waals surface area contributed by atoms with E-state index in [0.717, 1.165) is 12.0 Å². The van der Waals surface area contributed by atoms with Gasteiger partial charge in [-0.15, -0.1) is 0 Å². The van der Waals surface area contributed by atoms with Crippen LogP contribution in [0.15, 0.2) is 72.8 Å². The van der Waals surface area contributed by atoms with Gasteiger partial charge >= 0.3 is 0 Å². The van der Waals surface area contributed by atoms with Crippen LogP contribution < -0.4 is 5.32 Å². The largest absolute Gasteiger partial charge is 0.354 e. The van der Waals surface area contributed by atoms with Gasteiger partial charge in [0.15, 0.2) is 0 Å². The molecule has 0 aliphatic heterocycles. The van der Waals surface area contributed by atoms with E-state index in [1.807, 2.05) is 37.3 Å². The lowest BCUT2D eigenvalue weighted by Crippen LogP contribution is -2.51. The number of nitrogens with one attached hydrogen (secondary N) is 1. The van der Waals surface area contributed by atoms with Crippen molar-refractivity contribution in [2.24, 2.45) is 0 Å². The van der Waals surface area contributed by atoms with Gasteiger partial charge in [-0.3, -0.25) is 9.59 Å². The van der Waals surface area contributed by atoms with E-state index in [4.69, 9.17) is 23.2 Å². The zero-order chi connectivity index (χ0) is 24.5. The number of benzene rings is 3. The second-order valence-electron chi connectivity index (χ2n) is 8.02. The van der Waals surface area contributed by atoms with Crippen molar-refractivity contribution in [1.82, 2.24) is 10.2 Å². The smallest absolute Gasteiger partial charge is 0.243 e. The van der Waals surface area contributed by atoms with Crippen molar-refractivity contribution in [3.63, 3.8) is 0 Å². The Hall–Kier alpha value is -2.89. The Labute approximate surface area is 209 Å². The summed E-state index contributed by atoms with van der Waals surface area (Å²) in [5.41, 5.74) is 1.83. The van der Waals surface area contributed by atoms with Crippen molar-refractivity contribution < 1.29 is 14.0 Å². The summed E-state index contributed by atoms with van der Waals surface area (Å²) in [6.45, 7) is 2.53. The van der Waals surface area contributed by atoms with Gasteiger partial charge in [-0.2, -0.15) is 0 Å². The van der Waals surface area contributed by atoms with E-state index >= 15 is 0 Å². The average molecular weight is 501 g/mol. The molecule has 4 nitrogen and oxygen atoms in total. The predicted octanol–water partition coefficient (Wildman–Crippen LogP) is 5.84. The van der Waals surface area contributed by atoms with Gasteiger partial charge in [0, 0.05) is 29.6 Å². The molecule has 1 N–H and O–H groups in total. The van der Waals surface area contributed by atoms with Crippen LogP contribution in [0.2, 0.25) is 10.0 Å². The highest BCUT2D eigenvalue weighted by atomic mass is 35.5. The molecular formula is C27H27Cl2FN2O2. The second-order valence-corrected chi connectivity index (χ2v) is 8.87. The summed E-state index contributed by atoms with van der Waals surface area (Å²) in [5.74, 6) is -1.10. The topological polar surface area (TPSA) is 49.4 Å². The highest BCUT2D eigenvalue weighted by Crippen LogP contribution is 2.25. The molecule has 0 saturated heterocycles. The maximum absolute atomic E-state index is 14.3. The molecule has 34 heavy (non-hydrogen) atoms. The molecule has 3 rings (SSSR count). The van der Waals surface area contributed by atoms with Gasteiger partial charge in [-0.1, -0.05) is 84.7 Å². The number of halogens is 3. The van der Waals surface area contributed by atoms with Crippen molar-refractivity contribution in [1.29, 1.82) is 0 Å². The third-order valence-corrected chi connectivity index (χ3v) is 6.06. The van der Waals surface area contributed by atoms with Gasteiger partial charge in [-0.25, -0.2) is 4.39 Å². The minimum absolute atomic E-state index is 0.0837. The average Bonchev–Trinajstić information content (AvgIpc) is 2.83. The summed E-state index contributed by atoms with van der Waals surface area (Å²) in [6, 6.07) is 19.9. The van der Waals surface area contributed by atoms with Crippen LogP contribution in [-0.2, 0) is 29.0 Å². The van der Waals surface area contributed by atoms with Crippen molar-refractivity contribution >= 4 is 35.0 Å². The van der Waals surface area contributed by atoms with Crippen LogP contribution in [0.25, 0.3) is 0 Å². The Bertz CT molecular complexity index is 1120. The molecule has 3 aromatic carbocycles. The lowest BCUT2D eigenvalue weighted by atomic mass is 10.0. The zero-order valence-electron chi connectivity index (χ0n) is 18.9. The fourth-order valence-corrected chi connectivity index (χ4v) is 4.13. The fraction of sp³-hybridized carbons (Fsp3) is 0.259. The summed E-state index contributed by atoms with van der Waals surface area (Å²) < 4.78 is 14.3. The fourth-order valence-electron chi connectivity index (χ4n) is 3.66. The monoisotopic (exact) mass is 500 g/mol. The molecule has 3 aromatic rings. The minimum Gasteiger partial charge on any atom is -0.354 e. The summed E-state index contributed by atoms with van der Waals surface area (Å²) in [6.07, 6.45) is 0.894. The molecule has 0 radical (unpaired) electrons. The Morgan fingerprint density at radius 1 is 0.971 bits per heavy atom. The molecule has 0 spiro atoms. The van der Waals surface area contributed by atoms with Gasteiger partial charge in [0.1, 0.15) is 11.9 Å². The quantitative estimate of drug-likeness (QED) is 0.380. The number of rotatable bonds is 10. The van der Waals surface area contributed by atoms with Gasteiger partial charge in [-0.05, 0) is 41.3 Å². The first kappa shape index (κ1) is 25.7. The van der Waals surface area contributed by atoms with Crippen LogP contribution in [-0.4, -0.2) is 29.3 Å².